The molecule has 88 valence electrons. The van der Waals surface area contributed by atoms with Gasteiger partial charge in [-0.2, -0.15) is 0 Å². The first-order valence-electron chi connectivity index (χ1n) is 4.70. The second-order valence-electron chi connectivity index (χ2n) is 3.79. The van der Waals surface area contributed by atoms with Crippen molar-refractivity contribution in [2.24, 2.45) is 5.73 Å². The molecule has 3 N–H and O–H groups in total. The molecule has 1 saturated carbocycles. The molecule has 0 amide bonds. The van der Waals surface area contributed by atoms with Crippen LogP contribution in [0.4, 0.5) is 0 Å². The normalized spacial score (nSPS) is 19.5. The predicted octanol–water partition coefficient (Wildman–Crippen LogP) is -0.239. The summed E-state index contributed by atoms with van der Waals surface area (Å²) in [6.45, 7) is 0.300. The Balaban J connectivity index is 2.45. The summed E-state index contributed by atoms with van der Waals surface area (Å²) in [4.78, 5) is -0.0254. The Hall–Kier alpha value is -0.240. The SMILES string of the molecule is COC1(CNS(=O)(=O)CC(N)=S)CCC1. The first-order chi connectivity index (χ1) is 6.89. The third kappa shape index (κ3) is 3.67. The molecule has 0 radical (unpaired) electrons. The lowest BCUT2D eigenvalue weighted by molar-refractivity contribution is -0.0659. The molecule has 7 heteroatoms. The number of nitrogens with one attached hydrogen (secondary N) is 1. The molecule has 15 heavy (non-hydrogen) atoms. The summed E-state index contributed by atoms with van der Waals surface area (Å²) in [6.07, 6.45) is 2.85. The molecule has 5 nitrogen and oxygen atoms in total. The fourth-order valence-electron chi connectivity index (χ4n) is 1.50. The van der Waals surface area contributed by atoms with E-state index in [1.807, 2.05) is 0 Å². The van der Waals surface area contributed by atoms with Gasteiger partial charge in [0, 0.05) is 13.7 Å². The van der Waals surface area contributed by atoms with E-state index in [1.54, 1.807) is 7.11 Å². The largest absolute Gasteiger partial charge is 0.392 e. The van der Waals surface area contributed by atoms with Gasteiger partial charge in [0.2, 0.25) is 10.0 Å². The molecule has 0 aromatic carbocycles. The molecular weight excluding hydrogens is 236 g/mol. The van der Waals surface area contributed by atoms with E-state index < -0.39 is 10.0 Å². The highest BCUT2D eigenvalue weighted by atomic mass is 32.2. The average molecular weight is 252 g/mol. The molecule has 0 aliphatic heterocycles. The maximum Gasteiger partial charge on any atom is 0.218 e. The van der Waals surface area contributed by atoms with Gasteiger partial charge in [-0.1, -0.05) is 12.2 Å². The second kappa shape index (κ2) is 4.73. The van der Waals surface area contributed by atoms with Gasteiger partial charge in [-0.25, -0.2) is 13.1 Å². The lowest BCUT2D eigenvalue weighted by atomic mass is 9.80. The highest BCUT2D eigenvalue weighted by Gasteiger charge is 2.37. The van der Waals surface area contributed by atoms with Crippen LogP contribution < -0.4 is 10.5 Å². The monoisotopic (exact) mass is 252 g/mol. The molecule has 1 rings (SSSR count). The molecule has 0 heterocycles. The molecule has 0 aromatic heterocycles. The van der Waals surface area contributed by atoms with Gasteiger partial charge in [-0.15, -0.1) is 0 Å². The van der Waals surface area contributed by atoms with Crippen LogP contribution in [0.15, 0.2) is 0 Å². The zero-order valence-corrected chi connectivity index (χ0v) is 10.3. The molecule has 0 spiro atoms. The van der Waals surface area contributed by atoms with Crippen LogP contribution in [0, 0.1) is 0 Å². The highest BCUT2D eigenvalue weighted by Crippen LogP contribution is 2.34. The number of ether oxygens (including phenoxy) is 1. The molecule has 0 saturated heterocycles. The molecule has 0 unspecified atom stereocenters. The van der Waals surface area contributed by atoms with Crippen molar-refractivity contribution >= 4 is 27.2 Å². The van der Waals surface area contributed by atoms with E-state index in [2.05, 4.69) is 16.9 Å². The first kappa shape index (κ1) is 12.8. The standard InChI is InChI=1S/C8H16N2O3S2/c1-13-8(3-2-4-8)6-10-15(11,12)5-7(9)14/h10H,2-6H2,1H3,(H2,9,14). The Labute approximate surface area is 95.4 Å². The van der Waals surface area contributed by atoms with Crippen LogP contribution >= 0.6 is 12.2 Å². The van der Waals surface area contributed by atoms with Gasteiger partial charge in [-0.05, 0) is 19.3 Å². The summed E-state index contributed by atoms with van der Waals surface area (Å²) in [7, 11) is -1.80. The van der Waals surface area contributed by atoms with Crippen molar-refractivity contribution in [2.45, 2.75) is 24.9 Å². The van der Waals surface area contributed by atoms with Crippen LogP contribution in [-0.2, 0) is 14.8 Å². The number of sulfonamides is 1. The predicted molar refractivity (Wildman–Crippen MR) is 62.2 cm³/mol. The Bertz CT molecular complexity index is 330. The number of hydrogen-bond donors (Lipinski definition) is 2. The van der Waals surface area contributed by atoms with Gasteiger partial charge >= 0.3 is 0 Å². The van der Waals surface area contributed by atoms with Gasteiger partial charge in [0.05, 0.1) is 10.6 Å². The van der Waals surface area contributed by atoms with Crippen molar-refractivity contribution in [3.8, 4) is 0 Å². The lowest BCUT2D eigenvalue weighted by Crippen LogP contribution is -2.50. The molecule has 0 atom stereocenters. The summed E-state index contributed by atoms with van der Waals surface area (Å²) < 4.78 is 30.6. The maximum absolute atomic E-state index is 11.4. The summed E-state index contributed by atoms with van der Waals surface area (Å²) >= 11 is 4.55. The summed E-state index contributed by atoms with van der Waals surface area (Å²) in [5.41, 5.74) is 4.86. The summed E-state index contributed by atoms with van der Waals surface area (Å²) in [5.74, 6) is -0.303. The summed E-state index contributed by atoms with van der Waals surface area (Å²) in [6, 6.07) is 0. The van der Waals surface area contributed by atoms with Crippen molar-refractivity contribution in [3.63, 3.8) is 0 Å². The number of hydrogen-bond acceptors (Lipinski definition) is 4. The Morgan fingerprint density at radius 2 is 2.20 bits per heavy atom. The van der Waals surface area contributed by atoms with Crippen LogP contribution in [-0.4, -0.2) is 38.4 Å². The number of methoxy groups -OCH3 is 1. The van der Waals surface area contributed by atoms with Gasteiger partial charge < -0.3 is 10.5 Å². The van der Waals surface area contributed by atoms with E-state index in [-0.39, 0.29) is 16.3 Å². The van der Waals surface area contributed by atoms with Crippen molar-refractivity contribution in [1.82, 2.24) is 4.72 Å². The fourth-order valence-corrected chi connectivity index (χ4v) is 2.93. The fraction of sp³-hybridized carbons (Fsp3) is 0.875. The van der Waals surface area contributed by atoms with Crippen molar-refractivity contribution in [1.29, 1.82) is 0 Å². The minimum Gasteiger partial charge on any atom is -0.392 e. The van der Waals surface area contributed by atoms with E-state index in [1.165, 1.54) is 0 Å². The quantitative estimate of drug-likeness (QED) is 0.638. The van der Waals surface area contributed by atoms with Crippen LogP contribution in [0.1, 0.15) is 19.3 Å². The highest BCUT2D eigenvalue weighted by molar-refractivity contribution is 7.92. The zero-order chi connectivity index (χ0) is 11.5. The molecule has 1 aliphatic carbocycles. The molecule has 0 aromatic rings. The van der Waals surface area contributed by atoms with Crippen LogP contribution in [0.25, 0.3) is 0 Å². The lowest BCUT2D eigenvalue weighted by Gasteiger charge is -2.40. The number of thiocarbonyl (C=S) groups is 1. The molecule has 1 aliphatic rings. The van der Waals surface area contributed by atoms with Crippen LogP contribution in [0.2, 0.25) is 0 Å². The maximum atomic E-state index is 11.4. The average Bonchev–Trinajstić information content (AvgIpc) is 2.00. The minimum absolute atomic E-state index is 0.0254. The van der Waals surface area contributed by atoms with E-state index in [0.717, 1.165) is 19.3 Å². The van der Waals surface area contributed by atoms with Crippen molar-refractivity contribution in [2.75, 3.05) is 19.4 Å². The first-order valence-corrected chi connectivity index (χ1v) is 6.76. The Morgan fingerprint density at radius 1 is 1.60 bits per heavy atom. The van der Waals surface area contributed by atoms with Gasteiger partial charge in [0.25, 0.3) is 0 Å². The minimum atomic E-state index is -3.40. The number of rotatable bonds is 6. The summed E-state index contributed by atoms with van der Waals surface area (Å²) in [5, 5.41) is 0. The Morgan fingerprint density at radius 3 is 2.53 bits per heavy atom. The van der Waals surface area contributed by atoms with Crippen molar-refractivity contribution in [3.05, 3.63) is 0 Å². The number of nitrogens with two attached hydrogens (primary N) is 1. The van der Waals surface area contributed by atoms with E-state index in [9.17, 15) is 8.42 Å². The van der Waals surface area contributed by atoms with Crippen molar-refractivity contribution < 1.29 is 13.2 Å². The van der Waals surface area contributed by atoms with Gasteiger partial charge in [0.15, 0.2) is 0 Å². The Kier molecular flexibility index (Phi) is 4.05. The third-order valence-corrected chi connectivity index (χ3v) is 4.25. The topological polar surface area (TPSA) is 81.4 Å². The van der Waals surface area contributed by atoms with Gasteiger partial charge in [0.1, 0.15) is 5.75 Å². The molecular formula is C8H16N2O3S2. The van der Waals surface area contributed by atoms with Crippen LogP contribution in [0.3, 0.4) is 0 Å². The second-order valence-corrected chi connectivity index (χ2v) is 6.12. The van der Waals surface area contributed by atoms with E-state index in [0.29, 0.717) is 6.54 Å². The zero-order valence-electron chi connectivity index (χ0n) is 8.65. The molecule has 1 fully saturated rings. The van der Waals surface area contributed by atoms with E-state index in [4.69, 9.17) is 10.5 Å². The molecule has 0 bridgehead atoms. The van der Waals surface area contributed by atoms with E-state index >= 15 is 0 Å². The van der Waals surface area contributed by atoms with Crippen LogP contribution in [0.5, 0.6) is 0 Å². The third-order valence-electron chi connectivity index (χ3n) is 2.64. The van der Waals surface area contributed by atoms with Gasteiger partial charge in [-0.3, -0.25) is 0 Å². The smallest absolute Gasteiger partial charge is 0.218 e.